The van der Waals surface area contributed by atoms with Crippen molar-refractivity contribution in [2.24, 2.45) is 0 Å². The minimum Gasteiger partial charge on any atom is -0.495 e. The van der Waals surface area contributed by atoms with E-state index in [0.717, 1.165) is 0 Å². The molecule has 0 saturated heterocycles. The molecule has 4 nitrogen and oxygen atoms in total. The van der Waals surface area contributed by atoms with Gasteiger partial charge in [0.2, 0.25) is 0 Å². The van der Waals surface area contributed by atoms with Gasteiger partial charge in [-0.25, -0.2) is 0 Å². The molecule has 0 radical (unpaired) electrons. The van der Waals surface area contributed by atoms with Crippen molar-refractivity contribution >= 4 is 29.1 Å². The molecule has 116 valence electrons. The van der Waals surface area contributed by atoms with Gasteiger partial charge in [0, 0.05) is 17.6 Å². The Morgan fingerprint density at radius 3 is 2.55 bits per heavy atom. The number of benzene rings is 2. The highest BCUT2D eigenvalue weighted by atomic mass is 35.5. The molecule has 0 unspecified atom stereocenters. The van der Waals surface area contributed by atoms with Crippen LogP contribution in [0.4, 0.5) is 0 Å². The van der Waals surface area contributed by atoms with Crippen LogP contribution in [0, 0.1) is 0 Å². The molecule has 0 bridgehead atoms. The Morgan fingerprint density at radius 1 is 1.14 bits per heavy atom. The first-order valence-corrected chi connectivity index (χ1v) is 7.32. The minimum atomic E-state index is -0.244. The number of rotatable bonds is 6. The Morgan fingerprint density at radius 2 is 1.86 bits per heavy atom. The van der Waals surface area contributed by atoms with Crippen molar-refractivity contribution in [3.05, 3.63) is 58.1 Å². The van der Waals surface area contributed by atoms with E-state index in [4.69, 9.17) is 32.7 Å². The maximum Gasteiger partial charge on any atom is 0.258 e. The second-order valence-corrected chi connectivity index (χ2v) is 5.27. The third kappa shape index (κ3) is 4.55. The van der Waals surface area contributed by atoms with E-state index in [-0.39, 0.29) is 19.1 Å². The lowest BCUT2D eigenvalue weighted by Gasteiger charge is -2.10. The number of carbonyl (C=O) groups is 1. The number of methoxy groups -OCH3 is 1. The molecule has 0 aromatic heterocycles. The fourth-order valence-corrected chi connectivity index (χ4v) is 2.26. The largest absolute Gasteiger partial charge is 0.495 e. The van der Waals surface area contributed by atoms with Gasteiger partial charge in [0.05, 0.1) is 12.1 Å². The third-order valence-electron chi connectivity index (χ3n) is 2.91. The first-order chi connectivity index (χ1) is 10.6. The number of para-hydroxylation sites is 1. The van der Waals surface area contributed by atoms with Crippen molar-refractivity contribution in [1.29, 1.82) is 0 Å². The molecule has 1 N–H and O–H groups in total. The maximum absolute atomic E-state index is 11.8. The number of ether oxygens (including phenoxy) is 2. The topological polar surface area (TPSA) is 47.6 Å². The third-order valence-corrected chi connectivity index (χ3v) is 3.56. The molecular weight excluding hydrogens is 325 g/mol. The van der Waals surface area contributed by atoms with Gasteiger partial charge in [-0.2, -0.15) is 0 Å². The predicted molar refractivity (Wildman–Crippen MR) is 86.8 cm³/mol. The highest BCUT2D eigenvalue weighted by Gasteiger charge is 2.09. The summed E-state index contributed by atoms with van der Waals surface area (Å²) in [6.07, 6.45) is 0. The highest BCUT2D eigenvalue weighted by molar-refractivity contribution is 6.34. The van der Waals surface area contributed by atoms with E-state index in [1.165, 1.54) is 7.11 Å². The molecule has 0 atom stereocenters. The molecule has 2 rings (SSSR count). The molecule has 0 fully saturated rings. The van der Waals surface area contributed by atoms with Crippen molar-refractivity contribution in [1.82, 2.24) is 5.32 Å². The number of hydrogen-bond acceptors (Lipinski definition) is 3. The fraction of sp³-hybridized carbons (Fsp3) is 0.188. The van der Waals surface area contributed by atoms with E-state index in [1.807, 2.05) is 18.2 Å². The van der Waals surface area contributed by atoms with Gasteiger partial charge in [-0.05, 0) is 23.8 Å². The van der Waals surface area contributed by atoms with Crippen LogP contribution in [0.3, 0.4) is 0 Å². The average Bonchev–Trinajstić information content (AvgIpc) is 2.54. The summed E-state index contributed by atoms with van der Waals surface area (Å²) in [4.78, 5) is 11.8. The summed E-state index contributed by atoms with van der Waals surface area (Å²) in [7, 11) is 1.51. The Labute approximate surface area is 138 Å². The molecule has 0 aliphatic rings. The Hall–Kier alpha value is -1.91. The highest BCUT2D eigenvalue weighted by Crippen LogP contribution is 2.30. The van der Waals surface area contributed by atoms with Crippen molar-refractivity contribution in [3.63, 3.8) is 0 Å². The second kappa shape index (κ2) is 7.92. The van der Waals surface area contributed by atoms with Gasteiger partial charge in [-0.3, -0.25) is 4.79 Å². The van der Waals surface area contributed by atoms with Gasteiger partial charge in [-0.1, -0.05) is 41.4 Å². The number of amides is 1. The first-order valence-electron chi connectivity index (χ1n) is 6.56. The first kappa shape index (κ1) is 16.5. The molecule has 2 aromatic carbocycles. The van der Waals surface area contributed by atoms with Crippen LogP contribution in [-0.2, 0) is 11.3 Å². The van der Waals surface area contributed by atoms with Crippen LogP contribution in [-0.4, -0.2) is 19.6 Å². The normalized spacial score (nSPS) is 10.1. The van der Waals surface area contributed by atoms with Gasteiger partial charge >= 0.3 is 0 Å². The smallest absolute Gasteiger partial charge is 0.258 e. The van der Waals surface area contributed by atoms with Crippen LogP contribution in [0.15, 0.2) is 42.5 Å². The van der Waals surface area contributed by atoms with Gasteiger partial charge in [0.25, 0.3) is 5.91 Å². The fourth-order valence-electron chi connectivity index (χ4n) is 1.77. The van der Waals surface area contributed by atoms with Crippen molar-refractivity contribution in [2.45, 2.75) is 6.54 Å². The summed E-state index contributed by atoms with van der Waals surface area (Å²) in [6.45, 7) is 0.199. The van der Waals surface area contributed by atoms with Gasteiger partial charge in [0.1, 0.15) is 11.5 Å². The molecule has 0 heterocycles. The lowest BCUT2D eigenvalue weighted by molar-refractivity contribution is -0.123. The number of hydrogen-bond donors (Lipinski definition) is 1. The van der Waals surface area contributed by atoms with E-state index in [1.54, 1.807) is 24.3 Å². The van der Waals surface area contributed by atoms with Gasteiger partial charge < -0.3 is 14.8 Å². The zero-order valence-electron chi connectivity index (χ0n) is 11.9. The summed E-state index contributed by atoms with van der Waals surface area (Å²) in [5.74, 6) is 0.893. The monoisotopic (exact) mass is 339 g/mol. The average molecular weight is 340 g/mol. The van der Waals surface area contributed by atoms with Crippen LogP contribution in [0.5, 0.6) is 11.5 Å². The number of halogens is 2. The Kier molecular flexibility index (Phi) is 5.92. The molecule has 0 saturated carbocycles. The van der Waals surface area contributed by atoms with Crippen LogP contribution in [0.2, 0.25) is 10.0 Å². The van der Waals surface area contributed by atoms with Crippen molar-refractivity contribution in [2.75, 3.05) is 13.7 Å². The maximum atomic E-state index is 11.8. The molecule has 0 aliphatic carbocycles. The summed E-state index contributed by atoms with van der Waals surface area (Å²) >= 11 is 12.2. The van der Waals surface area contributed by atoms with Crippen LogP contribution in [0.25, 0.3) is 0 Å². The molecular formula is C16H15Cl2NO3. The second-order valence-electron chi connectivity index (χ2n) is 4.46. The Balaban J connectivity index is 1.87. The number of carbonyl (C=O) groups excluding carboxylic acids is 1. The van der Waals surface area contributed by atoms with E-state index < -0.39 is 0 Å². The lowest BCUT2D eigenvalue weighted by Crippen LogP contribution is -2.28. The zero-order valence-corrected chi connectivity index (χ0v) is 13.4. The summed E-state index contributed by atoms with van der Waals surface area (Å²) in [6, 6.07) is 12.4. The standard InChI is InChI=1S/C16H15Cl2NO3/c1-21-15-8-13(17)11(7-14(15)18)9-19-16(20)10-22-12-5-3-2-4-6-12/h2-8H,9-10H2,1H3,(H,19,20). The Bertz CT molecular complexity index is 647. The minimum absolute atomic E-state index is 0.0640. The molecule has 6 heteroatoms. The molecule has 1 amide bonds. The van der Waals surface area contributed by atoms with Gasteiger partial charge in [-0.15, -0.1) is 0 Å². The van der Waals surface area contributed by atoms with Gasteiger partial charge in [0.15, 0.2) is 6.61 Å². The van der Waals surface area contributed by atoms with E-state index >= 15 is 0 Å². The van der Waals surface area contributed by atoms with E-state index in [0.29, 0.717) is 27.1 Å². The summed E-state index contributed by atoms with van der Waals surface area (Å²) in [5, 5.41) is 3.65. The SMILES string of the molecule is COc1cc(Cl)c(CNC(=O)COc2ccccc2)cc1Cl. The summed E-state index contributed by atoms with van der Waals surface area (Å²) in [5.41, 5.74) is 0.709. The van der Waals surface area contributed by atoms with Crippen molar-refractivity contribution < 1.29 is 14.3 Å². The van der Waals surface area contributed by atoms with Crippen LogP contribution in [0.1, 0.15) is 5.56 Å². The van der Waals surface area contributed by atoms with E-state index in [9.17, 15) is 4.79 Å². The number of nitrogens with one attached hydrogen (secondary N) is 1. The van der Waals surface area contributed by atoms with Crippen molar-refractivity contribution in [3.8, 4) is 11.5 Å². The summed E-state index contributed by atoms with van der Waals surface area (Å²) < 4.78 is 10.4. The zero-order chi connectivity index (χ0) is 15.9. The molecule has 0 aliphatic heterocycles. The van der Waals surface area contributed by atoms with Crippen LogP contribution < -0.4 is 14.8 Å². The molecule has 22 heavy (non-hydrogen) atoms. The predicted octanol–water partition coefficient (Wildman–Crippen LogP) is 3.70. The van der Waals surface area contributed by atoms with Crippen LogP contribution >= 0.6 is 23.2 Å². The van der Waals surface area contributed by atoms with E-state index in [2.05, 4.69) is 5.32 Å². The molecule has 0 spiro atoms. The lowest BCUT2D eigenvalue weighted by atomic mass is 10.2. The quantitative estimate of drug-likeness (QED) is 0.872. The molecule has 2 aromatic rings.